The molecule has 3 atom stereocenters. The maximum absolute atomic E-state index is 13.0. The summed E-state index contributed by atoms with van der Waals surface area (Å²) in [6, 6.07) is 12.8. The highest BCUT2D eigenvalue weighted by Gasteiger charge is 2.32. The third kappa shape index (κ3) is 5.11. The molecule has 0 aliphatic carbocycles. The Balaban J connectivity index is 1.67. The van der Waals surface area contributed by atoms with Crippen LogP contribution in [0.1, 0.15) is 48.3 Å². The Morgan fingerprint density at radius 1 is 1.25 bits per heavy atom. The minimum Gasteiger partial charge on any atom is -0.387 e. The van der Waals surface area contributed by atoms with Gasteiger partial charge < -0.3 is 20.6 Å². The summed E-state index contributed by atoms with van der Waals surface area (Å²) in [6.07, 6.45) is 1.94. The van der Waals surface area contributed by atoms with Gasteiger partial charge in [-0.15, -0.1) is 11.3 Å². The van der Waals surface area contributed by atoms with Gasteiger partial charge in [0.25, 0.3) is 0 Å². The van der Waals surface area contributed by atoms with Gasteiger partial charge in [0.05, 0.1) is 18.6 Å². The number of aliphatic hydroxyl groups excluding tert-OH is 1. The number of hydrogen-bond donors (Lipinski definition) is 3. The highest BCUT2D eigenvalue weighted by Crippen LogP contribution is 2.30. The van der Waals surface area contributed by atoms with Crippen molar-refractivity contribution in [2.24, 2.45) is 0 Å². The molecule has 0 spiro atoms. The van der Waals surface area contributed by atoms with Gasteiger partial charge in [-0.25, -0.2) is 4.79 Å². The van der Waals surface area contributed by atoms with Gasteiger partial charge >= 0.3 is 6.03 Å². The molecule has 2 heterocycles. The number of benzene rings is 1. The Labute approximate surface area is 169 Å². The summed E-state index contributed by atoms with van der Waals surface area (Å²) in [5.41, 5.74) is 0.897. The molecule has 0 bridgehead atoms. The van der Waals surface area contributed by atoms with Crippen molar-refractivity contribution in [1.29, 1.82) is 0 Å². The molecule has 1 aromatic carbocycles. The number of nitrogens with one attached hydrogen (secondary N) is 2. The second kappa shape index (κ2) is 9.71. The molecular formula is C21H27N3O3S. The van der Waals surface area contributed by atoms with Gasteiger partial charge in [-0.3, -0.25) is 4.79 Å². The summed E-state index contributed by atoms with van der Waals surface area (Å²) >= 11 is 1.53. The first-order valence-electron chi connectivity index (χ1n) is 9.62. The summed E-state index contributed by atoms with van der Waals surface area (Å²) < 4.78 is 0. The van der Waals surface area contributed by atoms with E-state index in [0.29, 0.717) is 13.0 Å². The van der Waals surface area contributed by atoms with Gasteiger partial charge in [0, 0.05) is 24.5 Å². The van der Waals surface area contributed by atoms with Gasteiger partial charge in [-0.2, -0.15) is 0 Å². The Bertz CT molecular complexity index is 766. The lowest BCUT2D eigenvalue weighted by atomic mass is 10.0. The van der Waals surface area contributed by atoms with Crippen LogP contribution >= 0.6 is 11.3 Å². The highest BCUT2D eigenvalue weighted by atomic mass is 32.1. The molecule has 3 amide bonds. The fourth-order valence-corrected chi connectivity index (χ4v) is 4.38. The van der Waals surface area contributed by atoms with Gasteiger partial charge in [0.1, 0.15) is 0 Å². The minimum atomic E-state index is -0.561. The zero-order chi connectivity index (χ0) is 19.9. The van der Waals surface area contributed by atoms with E-state index >= 15 is 0 Å². The van der Waals surface area contributed by atoms with Crippen LogP contribution in [0.25, 0.3) is 0 Å². The monoisotopic (exact) mass is 401 g/mol. The lowest BCUT2D eigenvalue weighted by Crippen LogP contribution is -2.45. The number of likely N-dealkylation sites (tertiary alicyclic amines) is 1. The molecule has 3 unspecified atom stereocenters. The topological polar surface area (TPSA) is 81.7 Å². The van der Waals surface area contributed by atoms with Crippen LogP contribution in [0.15, 0.2) is 47.8 Å². The van der Waals surface area contributed by atoms with Crippen molar-refractivity contribution < 1.29 is 14.7 Å². The van der Waals surface area contributed by atoms with E-state index in [2.05, 4.69) is 10.6 Å². The first-order chi connectivity index (χ1) is 13.6. The number of amides is 3. The van der Waals surface area contributed by atoms with Gasteiger partial charge in [-0.05, 0) is 36.3 Å². The maximum atomic E-state index is 13.0. The Kier molecular flexibility index (Phi) is 7.06. The zero-order valence-electron chi connectivity index (χ0n) is 16.0. The van der Waals surface area contributed by atoms with Crippen molar-refractivity contribution in [3.8, 4) is 0 Å². The summed E-state index contributed by atoms with van der Waals surface area (Å²) in [5, 5.41) is 18.1. The first kappa shape index (κ1) is 20.4. The van der Waals surface area contributed by atoms with Crippen LogP contribution in [-0.4, -0.2) is 41.6 Å². The summed E-state index contributed by atoms with van der Waals surface area (Å²) in [6.45, 7) is 0.662. The molecule has 3 N–H and O–H groups in total. The van der Waals surface area contributed by atoms with E-state index in [1.807, 2.05) is 47.8 Å². The molecule has 3 rings (SSSR count). The standard InChI is InChI=1S/C21H27N3O3S/c1-22-20(26)14-17(15-7-3-2-4-8-15)23-21(27)24-11-5-9-16(24)13-18(25)19-10-6-12-28-19/h2-4,6-8,10,12,16-18,25H,5,9,11,13-14H2,1H3,(H,22,26)(H,23,27). The summed E-state index contributed by atoms with van der Waals surface area (Å²) in [5.74, 6) is -0.125. The fourth-order valence-electron chi connectivity index (χ4n) is 3.66. The Hall–Kier alpha value is -2.38. The molecule has 1 fully saturated rings. The minimum absolute atomic E-state index is 0.00600. The molecule has 6 nitrogen and oxygen atoms in total. The lowest BCUT2D eigenvalue weighted by Gasteiger charge is -2.29. The Morgan fingerprint density at radius 3 is 2.71 bits per heavy atom. The van der Waals surface area contributed by atoms with Crippen LogP contribution in [0, 0.1) is 0 Å². The zero-order valence-corrected chi connectivity index (χ0v) is 16.8. The van der Waals surface area contributed by atoms with Crippen LogP contribution in [-0.2, 0) is 4.79 Å². The SMILES string of the molecule is CNC(=O)CC(NC(=O)N1CCCC1CC(O)c1cccs1)c1ccccc1. The van der Waals surface area contributed by atoms with Crippen molar-refractivity contribution in [3.05, 3.63) is 58.3 Å². The van der Waals surface area contributed by atoms with Crippen LogP contribution in [0.4, 0.5) is 4.79 Å². The molecule has 150 valence electrons. The van der Waals surface area contributed by atoms with Crippen molar-refractivity contribution in [2.75, 3.05) is 13.6 Å². The van der Waals surface area contributed by atoms with E-state index in [9.17, 15) is 14.7 Å². The van der Waals surface area contributed by atoms with Gasteiger partial charge in [0.15, 0.2) is 0 Å². The normalized spacial score (nSPS) is 18.5. The average molecular weight is 402 g/mol. The van der Waals surface area contributed by atoms with Crippen LogP contribution < -0.4 is 10.6 Å². The molecule has 1 aliphatic rings. The second-order valence-corrected chi connectivity index (χ2v) is 8.03. The van der Waals surface area contributed by atoms with Crippen LogP contribution in [0.2, 0.25) is 0 Å². The Morgan fingerprint density at radius 2 is 2.04 bits per heavy atom. The van der Waals surface area contributed by atoms with Gasteiger partial charge in [-0.1, -0.05) is 36.4 Å². The van der Waals surface area contributed by atoms with Crippen LogP contribution in [0.3, 0.4) is 0 Å². The van der Waals surface area contributed by atoms with Gasteiger partial charge in [0.2, 0.25) is 5.91 Å². The van der Waals surface area contributed by atoms with Crippen molar-refractivity contribution in [2.45, 2.75) is 43.9 Å². The molecule has 2 aromatic rings. The second-order valence-electron chi connectivity index (χ2n) is 7.05. The lowest BCUT2D eigenvalue weighted by molar-refractivity contribution is -0.121. The molecule has 0 radical (unpaired) electrons. The molecule has 1 aliphatic heterocycles. The molecule has 7 heteroatoms. The van der Waals surface area contributed by atoms with E-state index in [4.69, 9.17) is 0 Å². The summed E-state index contributed by atoms with van der Waals surface area (Å²) in [7, 11) is 1.59. The molecule has 0 saturated carbocycles. The quantitative estimate of drug-likeness (QED) is 0.666. The predicted octanol–water partition coefficient (Wildman–Crippen LogP) is 3.22. The number of urea groups is 1. The van der Waals surface area contributed by atoms with E-state index < -0.39 is 12.1 Å². The van der Waals surface area contributed by atoms with E-state index in [0.717, 1.165) is 23.3 Å². The fraction of sp³-hybridized carbons (Fsp3) is 0.429. The van der Waals surface area contributed by atoms with E-state index in [1.54, 1.807) is 11.9 Å². The smallest absolute Gasteiger partial charge is 0.318 e. The van der Waals surface area contributed by atoms with Crippen molar-refractivity contribution in [1.82, 2.24) is 15.5 Å². The number of aliphatic hydroxyl groups is 1. The van der Waals surface area contributed by atoms with Crippen molar-refractivity contribution >= 4 is 23.3 Å². The number of hydrogen-bond acceptors (Lipinski definition) is 4. The van der Waals surface area contributed by atoms with E-state index in [-0.39, 0.29) is 24.4 Å². The molecule has 28 heavy (non-hydrogen) atoms. The first-order valence-corrected chi connectivity index (χ1v) is 10.5. The summed E-state index contributed by atoms with van der Waals surface area (Å²) in [4.78, 5) is 27.6. The number of carbonyl (C=O) groups is 2. The number of carbonyl (C=O) groups excluding carboxylic acids is 2. The maximum Gasteiger partial charge on any atom is 0.318 e. The molecule has 1 saturated heterocycles. The van der Waals surface area contributed by atoms with E-state index in [1.165, 1.54) is 11.3 Å². The van der Waals surface area contributed by atoms with Crippen LogP contribution in [0.5, 0.6) is 0 Å². The third-order valence-electron chi connectivity index (χ3n) is 5.17. The predicted molar refractivity (Wildman–Crippen MR) is 110 cm³/mol. The average Bonchev–Trinajstić information content (AvgIpc) is 3.40. The number of rotatable bonds is 7. The largest absolute Gasteiger partial charge is 0.387 e. The number of nitrogens with zero attached hydrogens (tertiary/aromatic N) is 1. The number of thiophene rings is 1. The third-order valence-corrected chi connectivity index (χ3v) is 6.15. The highest BCUT2D eigenvalue weighted by molar-refractivity contribution is 7.10. The molecule has 1 aromatic heterocycles. The van der Waals surface area contributed by atoms with Crippen molar-refractivity contribution in [3.63, 3.8) is 0 Å². The molecular weight excluding hydrogens is 374 g/mol.